The normalized spacial score (nSPS) is 10.9. The highest BCUT2D eigenvalue weighted by atomic mass is 35.5. The highest BCUT2D eigenvalue weighted by molar-refractivity contribution is 6.30. The molecule has 5 nitrogen and oxygen atoms in total. The lowest BCUT2D eigenvalue weighted by Gasteiger charge is -2.07. The average molecular weight is 266 g/mol. The third kappa shape index (κ3) is 2.22. The second-order valence-electron chi connectivity index (χ2n) is 4.07. The molecule has 18 heavy (non-hydrogen) atoms. The van der Waals surface area contributed by atoms with Gasteiger partial charge in [0.15, 0.2) is 16.8 Å². The Morgan fingerprint density at radius 3 is 2.28 bits per heavy atom. The van der Waals surface area contributed by atoms with Gasteiger partial charge in [-0.25, -0.2) is 15.0 Å². The molecule has 0 aliphatic heterocycles. The van der Waals surface area contributed by atoms with E-state index >= 15 is 0 Å². The molecule has 0 saturated heterocycles. The molecule has 0 aliphatic rings. The maximum absolute atomic E-state index is 6.16. The van der Waals surface area contributed by atoms with Crippen molar-refractivity contribution in [2.75, 3.05) is 0 Å². The van der Waals surface area contributed by atoms with Crippen LogP contribution in [0.5, 0.6) is 0 Å². The molecule has 2 heterocycles. The minimum absolute atomic E-state index is 0.361. The summed E-state index contributed by atoms with van der Waals surface area (Å²) in [6.07, 6.45) is 1.56. The number of hydrogen-bond acceptors (Lipinski definition) is 4. The van der Waals surface area contributed by atoms with Crippen LogP contribution in [0.15, 0.2) is 0 Å². The summed E-state index contributed by atoms with van der Waals surface area (Å²) in [6, 6.07) is 0. The zero-order valence-electron chi connectivity index (χ0n) is 11.0. The van der Waals surface area contributed by atoms with E-state index in [1.54, 1.807) is 4.68 Å². The lowest BCUT2D eigenvalue weighted by molar-refractivity contribution is 0.757. The monoisotopic (exact) mass is 265 g/mol. The Kier molecular flexibility index (Phi) is 3.61. The fourth-order valence-corrected chi connectivity index (χ4v) is 1.89. The third-order valence-corrected chi connectivity index (χ3v) is 3.05. The predicted octanol–water partition coefficient (Wildman–Crippen LogP) is 2.45. The Bertz CT molecular complexity index is 576. The first kappa shape index (κ1) is 13.0. The number of halogens is 1. The van der Waals surface area contributed by atoms with E-state index in [4.69, 9.17) is 11.6 Å². The van der Waals surface area contributed by atoms with E-state index in [1.807, 2.05) is 27.7 Å². The molecule has 2 aromatic heterocycles. The van der Waals surface area contributed by atoms with Crippen LogP contribution in [0.3, 0.4) is 0 Å². The van der Waals surface area contributed by atoms with E-state index < -0.39 is 0 Å². The maximum atomic E-state index is 6.16. The van der Waals surface area contributed by atoms with Gasteiger partial charge in [0.2, 0.25) is 0 Å². The topological polar surface area (TPSA) is 56.5 Å². The lowest BCUT2D eigenvalue weighted by atomic mass is 10.3. The van der Waals surface area contributed by atoms with Gasteiger partial charge < -0.3 is 0 Å². The molecule has 0 saturated carbocycles. The average Bonchev–Trinajstić information content (AvgIpc) is 2.77. The molecule has 0 aliphatic carbocycles. The highest BCUT2D eigenvalue weighted by Gasteiger charge is 2.15. The Labute approximate surface area is 111 Å². The van der Waals surface area contributed by atoms with Crippen molar-refractivity contribution in [3.8, 4) is 5.82 Å². The van der Waals surface area contributed by atoms with Gasteiger partial charge in [-0.3, -0.25) is 0 Å². The first-order chi connectivity index (χ1) is 8.56. The zero-order chi connectivity index (χ0) is 13.3. The zero-order valence-corrected chi connectivity index (χ0v) is 11.8. The smallest absolute Gasteiger partial charge is 0.193 e. The fraction of sp³-hybridized carbons (Fsp3) is 0.500. The summed E-state index contributed by atoms with van der Waals surface area (Å²) in [5.74, 6) is 2.21. The van der Waals surface area contributed by atoms with Gasteiger partial charge >= 0.3 is 0 Å². The molecule has 0 aromatic carbocycles. The highest BCUT2D eigenvalue weighted by Crippen LogP contribution is 2.19. The van der Waals surface area contributed by atoms with Crippen molar-refractivity contribution in [1.29, 1.82) is 0 Å². The van der Waals surface area contributed by atoms with Gasteiger partial charge in [0.05, 0.1) is 11.4 Å². The molecule has 0 radical (unpaired) electrons. The molecule has 0 spiro atoms. The second kappa shape index (κ2) is 5.02. The maximum Gasteiger partial charge on any atom is 0.193 e. The summed E-state index contributed by atoms with van der Waals surface area (Å²) in [7, 11) is 0. The molecule has 0 atom stereocenters. The van der Waals surface area contributed by atoms with Gasteiger partial charge in [-0.1, -0.05) is 25.4 Å². The summed E-state index contributed by atoms with van der Waals surface area (Å²) in [5.41, 5.74) is 1.68. The van der Waals surface area contributed by atoms with Crippen LogP contribution in [0.4, 0.5) is 0 Å². The first-order valence-electron chi connectivity index (χ1n) is 6.02. The van der Waals surface area contributed by atoms with Crippen LogP contribution in [0, 0.1) is 13.8 Å². The van der Waals surface area contributed by atoms with Crippen molar-refractivity contribution < 1.29 is 0 Å². The van der Waals surface area contributed by atoms with E-state index in [9.17, 15) is 0 Å². The van der Waals surface area contributed by atoms with Crippen molar-refractivity contribution in [2.24, 2.45) is 0 Å². The summed E-state index contributed by atoms with van der Waals surface area (Å²) < 4.78 is 1.70. The number of rotatable bonds is 3. The molecule has 0 amide bonds. The molecule has 0 bridgehead atoms. The summed E-state index contributed by atoms with van der Waals surface area (Å²) in [6.45, 7) is 7.85. The standard InChI is InChI=1S/C12H16ClN5/c1-5-9-16-10(6-2)18(17-9)12-11(13)14-7(3)8(4)15-12/h5-6H2,1-4H3. The Hall–Kier alpha value is -1.49. The van der Waals surface area contributed by atoms with Crippen molar-refractivity contribution in [1.82, 2.24) is 24.7 Å². The number of nitrogens with zero attached hydrogens (tertiary/aromatic N) is 5. The van der Waals surface area contributed by atoms with Crippen LogP contribution in [0.1, 0.15) is 36.9 Å². The van der Waals surface area contributed by atoms with Crippen LogP contribution in [0.25, 0.3) is 5.82 Å². The van der Waals surface area contributed by atoms with Crippen molar-refractivity contribution in [3.63, 3.8) is 0 Å². The van der Waals surface area contributed by atoms with Crippen LogP contribution in [-0.2, 0) is 12.8 Å². The number of aromatic nitrogens is 5. The van der Waals surface area contributed by atoms with Gasteiger partial charge in [0, 0.05) is 12.8 Å². The quantitative estimate of drug-likeness (QED) is 0.855. The van der Waals surface area contributed by atoms with Crippen LogP contribution < -0.4 is 0 Å². The summed E-state index contributed by atoms with van der Waals surface area (Å²) in [5, 5.41) is 4.78. The van der Waals surface area contributed by atoms with E-state index in [0.29, 0.717) is 11.0 Å². The van der Waals surface area contributed by atoms with E-state index in [2.05, 4.69) is 20.1 Å². The number of aryl methyl sites for hydroxylation is 4. The minimum Gasteiger partial charge on any atom is -0.236 e. The van der Waals surface area contributed by atoms with E-state index in [0.717, 1.165) is 35.9 Å². The van der Waals surface area contributed by atoms with E-state index in [-0.39, 0.29) is 0 Å². The first-order valence-corrected chi connectivity index (χ1v) is 6.40. The summed E-state index contributed by atoms with van der Waals surface area (Å²) in [4.78, 5) is 13.2. The van der Waals surface area contributed by atoms with Crippen LogP contribution >= 0.6 is 11.6 Å². The van der Waals surface area contributed by atoms with Crippen molar-refractivity contribution in [2.45, 2.75) is 40.5 Å². The van der Waals surface area contributed by atoms with Crippen molar-refractivity contribution >= 4 is 11.6 Å². The molecule has 96 valence electrons. The van der Waals surface area contributed by atoms with Crippen LogP contribution in [-0.4, -0.2) is 24.7 Å². The lowest BCUT2D eigenvalue weighted by Crippen LogP contribution is -2.08. The Morgan fingerprint density at radius 1 is 1.00 bits per heavy atom. The molecule has 2 rings (SSSR count). The third-order valence-electron chi connectivity index (χ3n) is 2.80. The van der Waals surface area contributed by atoms with Crippen molar-refractivity contribution in [3.05, 3.63) is 28.2 Å². The number of hydrogen-bond donors (Lipinski definition) is 0. The molecule has 6 heteroatoms. The van der Waals surface area contributed by atoms with Gasteiger partial charge in [0.25, 0.3) is 0 Å². The van der Waals surface area contributed by atoms with Gasteiger partial charge in [-0.2, -0.15) is 4.68 Å². The molecule has 2 aromatic rings. The van der Waals surface area contributed by atoms with E-state index in [1.165, 1.54) is 0 Å². The fourth-order valence-electron chi connectivity index (χ4n) is 1.64. The largest absolute Gasteiger partial charge is 0.236 e. The second-order valence-corrected chi connectivity index (χ2v) is 4.43. The predicted molar refractivity (Wildman–Crippen MR) is 70.2 cm³/mol. The SMILES string of the molecule is CCc1nc(CC)n(-c2nc(C)c(C)nc2Cl)n1. The Balaban J connectivity index is 2.60. The minimum atomic E-state index is 0.361. The molecule has 0 unspecified atom stereocenters. The van der Waals surface area contributed by atoms with Gasteiger partial charge in [0.1, 0.15) is 5.82 Å². The van der Waals surface area contributed by atoms with Gasteiger partial charge in [-0.05, 0) is 13.8 Å². The summed E-state index contributed by atoms with van der Waals surface area (Å²) >= 11 is 6.16. The van der Waals surface area contributed by atoms with Crippen LogP contribution in [0.2, 0.25) is 5.15 Å². The molecular weight excluding hydrogens is 250 g/mol. The molecule has 0 N–H and O–H groups in total. The molecule has 0 fully saturated rings. The molecular formula is C12H16ClN5. The Morgan fingerprint density at radius 2 is 1.67 bits per heavy atom. The van der Waals surface area contributed by atoms with Gasteiger partial charge in [-0.15, -0.1) is 5.10 Å².